The number of halogens is 2. The molecule has 0 spiro atoms. The molecule has 1 N–H and O–H groups in total. The minimum absolute atomic E-state index is 0.501. The molecule has 0 amide bonds. The third kappa shape index (κ3) is 3.98. The molecule has 0 aromatic heterocycles. The van der Waals surface area contributed by atoms with Gasteiger partial charge in [-0.15, -0.1) is 0 Å². The summed E-state index contributed by atoms with van der Waals surface area (Å²) in [5.74, 6) is 0. The van der Waals surface area contributed by atoms with Crippen LogP contribution < -0.4 is 5.43 Å². The number of hydrogen-bond donors (Lipinski definition) is 1. The maximum atomic E-state index is 6.07. The van der Waals surface area contributed by atoms with Crippen molar-refractivity contribution in [2.24, 2.45) is 5.10 Å². The summed E-state index contributed by atoms with van der Waals surface area (Å²) in [6.07, 6.45) is 1.77. The summed E-state index contributed by atoms with van der Waals surface area (Å²) >= 11 is 12.1. The lowest BCUT2D eigenvalue weighted by Gasteiger charge is -2.05. The average Bonchev–Trinajstić information content (AvgIpc) is 2.39. The van der Waals surface area contributed by atoms with Crippen LogP contribution in [0.3, 0.4) is 0 Å². The molecule has 2 rings (SSSR count). The van der Waals surface area contributed by atoms with Crippen LogP contribution in [0.4, 0.5) is 0 Å². The number of rotatable bonds is 4. The molecule has 0 unspecified atom stereocenters. The number of aryl methyl sites for hydroxylation is 1. The first-order chi connectivity index (χ1) is 9.16. The summed E-state index contributed by atoms with van der Waals surface area (Å²) in [7, 11) is 0. The fraction of sp³-hybridized carbons (Fsp3) is 0.133. The van der Waals surface area contributed by atoms with Crippen LogP contribution in [-0.2, 0) is 6.54 Å². The second kappa shape index (κ2) is 6.60. The van der Waals surface area contributed by atoms with Gasteiger partial charge in [0.2, 0.25) is 0 Å². The highest BCUT2D eigenvalue weighted by atomic mass is 35.5. The van der Waals surface area contributed by atoms with Crippen molar-refractivity contribution in [1.82, 2.24) is 5.43 Å². The van der Waals surface area contributed by atoms with E-state index >= 15 is 0 Å². The summed E-state index contributed by atoms with van der Waals surface area (Å²) in [5, 5.41) is 5.44. The molecule has 0 fully saturated rings. The van der Waals surface area contributed by atoms with E-state index in [2.05, 4.69) is 17.5 Å². The lowest BCUT2D eigenvalue weighted by Crippen LogP contribution is -2.06. The van der Waals surface area contributed by atoms with Gasteiger partial charge < -0.3 is 5.43 Å². The fourth-order valence-corrected chi connectivity index (χ4v) is 2.13. The monoisotopic (exact) mass is 292 g/mol. The highest BCUT2D eigenvalue weighted by Crippen LogP contribution is 2.23. The number of nitrogens with zero attached hydrogens (tertiary/aromatic N) is 1. The van der Waals surface area contributed by atoms with E-state index in [1.807, 2.05) is 42.5 Å². The molecular formula is C15H14Cl2N2. The topological polar surface area (TPSA) is 24.4 Å². The molecular weight excluding hydrogens is 279 g/mol. The van der Waals surface area contributed by atoms with Crippen molar-refractivity contribution in [2.75, 3.05) is 0 Å². The Bertz CT molecular complexity index is 557. The summed E-state index contributed by atoms with van der Waals surface area (Å²) in [6, 6.07) is 13.6. The predicted molar refractivity (Wildman–Crippen MR) is 82.1 cm³/mol. The van der Waals surface area contributed by atoms with Gasteiger partial charge in [-0.3, -0.25) is 0 Å². The normalized spacial score (nSPS) is 10.9. The van der Waals surface area contributed by atoms with E-state index in [1.165, 1.54) is 5.56 Å². The minimum Gasteiger partial charge on any atom is -0.306 e. The molecule has 0 saturated heterocycles. The Morgan fingerprint density at radius 3 is 2.32 bits per heavy atom. The van der Waals surface area contributed by atoms with Crippen molar-refractivity contribution in [3.63, 3.8) is 0 Å². The second-order valence-electron chi connectivity index (χ2n) is 4.20. The van der Waals surface area contributed by atoms with Crippen LogP contribution in [0.2, 0.25) is 10.0 Å². The summed E-state index contributed by atoms with van der Waals surface area (Å²) < 4.78 is 0. The van der Waals surface area contributed by atoms with Crippen molar-refractivity contribution in [3.8, 4) is 0 Å². The van der Waals surface area contributed by atoms with Crippen LogP contribution in [0.1, 0.15) is 16.7 Å². The Morgan fingerprint density at radius 2 is 1.68 bits per heavy atom. The van der Waals surface area contributed by atoms with E-state index in [0.717, 1.165) is 11.1 Å². The molecule has 2 nitrogen and oxygen atoms in total. The van der Waals surface area contributed by atoms with E-state index < -0.39 is 0 Å². The maximum Gasteiger partial charge on any atom is 0.0609 e. The van der Waals surface area contributed by atoms with E-state index in [9.17, 15) is 0 Å². The van der Waals surface area contributed by atoms with Crippen molar-refractivity contribution in [3.05, 3.63) is 69.2 Å². The summed E-state index contributed by atoms with van der Waals surface area (Å²) in [5.41, 5.74) is 6.07. The van der Waals surface area contributed by atoms with Gasteiger partial charge in [0.15, 0.2) is 0 Å². The Kier molecular flexibility index (Phi) is 4.83. The number of hydrazone groups is 1. The molecule has 0 radical (unpaired) electrons. The van der Waals surface area contributed by atoms with Crippen LogP contribution in [-0.4, -0.2) is 6.21 Å². The van der Waals surface area contributed by atoms with E-state index in [0.29, 0.717) is 16.6 Å². The smallest absolute Gasteiger partial charge is 0.0609 e. The van der Waals surface area contributed by atoms with E-state index in [4.69, 9.17) is 23.2 Å². The molecule has 0 atom stereocenters. The Hall–Kier alpha value is -1.51. The fourth-order valence-electron chi connectivity index (χ4n) is 1.60. The van der Waals surface area contributed by atoms with Gasteiger partial charge in [0.05, 0.1) is 12.8 Å². The predicted octanol–water partition coefficient (Wildman–Crippen LogP) is 4.43. The molecule has 2 aromatic carbocycles. The van der Waals surface area contributed by atoms with Crippen LogP contribution in [0, 0.1) is 6.92 Å². The zero-order valence-corrected chi connectivity index (χ0v) is 12.0. The molecule has 0 bridgehead atoms. The van der Waals surface area contributed by atoms with Crippen molar-refractivity contribution in [1.29, 1.82) is 0 Å². The third-order valence-electron chi connectivity index (χ3n) is 2.70. The van der Waals surface area contributed by atoms with Crippen molar-refractivity contribution in [2.45, 2.75) is 13.5 Å². The molecule has 0 saturated carbocycles. The van der Waals surface area contributed by atoms with Gasteiger partial charge in [-0.05, 0) is 24.6 Å². The highest BCUT2D eigenvalue weighted by molar-refractivity contribution is 6.35. The molecule has 0 aliphatic rings. The first-order valence-electron chi connectivity index (χ1n) is 5.92. The van der Waals surface area contributed by atoms with Gasteiger partial charge in [-0.1, -0.05) is 59.1 Å². The lowest BCUT2D eigenvalue weighted by molar-refractivity contribution is 0.748. The molecule has 19 heavy (non-hydrogen) atoms. The highest BCUT2D eigenvalue weighted by Gasteiger charge is 2.03. The van der Waals surface area contributed by atoms with Crippen LogP contribution in [0.25, 0.3) is 0 Å². The molecule has 98 valence electrons. The van der Waals surface area contributed by atoms with Gasteiger partial charge in [0.25, 0.3) is 0 Å². The molecule has 0 aliphatic heterocycles. The van der Waals surface area contributed by atoms with Crippen molar-refractivity contribution >= 4 is 29.4 Å². The SMILES string of the molecule is Cc1ccc(/C=N/NCc2c(Cl)cccc2Cl)cc1. The van der Waals surface area contributed by atoms with E-state index in [-0.39, 0.29) is 0 Å². The zero-order chi connectivity index (χ0) is 13.7. The Labute approximate surface area is 123 Å². The van der Waals surface area contributed by atoms with Gasteiger partial charge in [-0.2, -0.15) is 5.10 Å². The first-order valence-corrected chi connectivity index (χ1v) is 6.68. The van der Waals surface area contributed by atoms with Gasteiger partial charge >= 0.3 is 0 Å². The molecule has 4 heteroatoms. The lowest BCUT2D eigenvalue weighted by atomic mass is 10.2. The maximum absolute atomic E-state index is 6.07. The largest absolute Gasteiger partial charge is 0.306 e. The molecule has 0 heterocycles. The zero-order valence-electron chi connectivity index (χ0n) is 10.5. The summed E-state index contributed by atoms with van der Waals surface area (Å²) in [4.78, 5) is 0. The second-order valence-corrected chi connectivity index (χ2v) is 5.02. The van der Waals surface area contributed by atoms with Gasteiger partial charge in [-0.25, -0.2) is 0 Å². The Balaban J connectivity index is 1.95. The number of benzene rings is 2. The van der Waals surface area contributed by atoms with Crippen LogP contribution >= 0.6 is 23.2 Å². The van der Waals surface area contributed by atoms with E-state index in [1.54, 1.807) is 6.21 Å². The van der Waals surface area contributed by atoms with Gasteiger partial charge in [0.1, 0.15) is 0 Å². The Morgan fingerprint density at radius 1 is 1.05 bits per heavy atom. The molecule has 0 aliphatic carbocycles. The first kappa shape index (κ1) is 13.9. The quantitative estimate of drug-likeness (QED) is 0.654. The summed E-state index contributed by atoms with van der Waals surface area (Å²) in [6.45, 7) is 2.56. The van der Waals surface area contributed by atoms with Crippen LogP contribution in [0.15, 0.2) is 47.6 Å². The standard InChI is InChI=1S/C15H14Cl2N2/c1-11-5-7-12(8-6-11)9-18-19-10-13-14(16)3-2-4-15(13)17/h2-9,19H,10H2,1H3/b18-9+. The molecule has 2 aromatic rings. The minimum atomic E-state index is 0.501. The third-order valence-corrected chi connectivity index (χ3v) is 3.41. The van der Waals surface area contributed by atoms with Crippen molar-refractivity contribution < 1.29 is 0 Å². The van der Waals surface area contributed by atoms with Gasteiger partial charge in [0, 0.05) is 15.6 Å². The van der Waals surface area contributed by atoms with Crippen LogP contribution in [0.5, 0.6) is 0 Å². The average molecular weight is 293 g/mol. The number of hydrogen-bond acceptors (Lipinski definition) is 2. The number of nitrogens with one attached hydrogen (secondary N) is 1.